The maximum absolute atomic E-state index is 13.3. The summed E-state index contributed by atoms with van der Waals surface area (Å²) in [5.41, 5.74) is 0.620. The van der Waals surface area contributed by atoms with Crippen molar-refractivity contribution in [2.75, 3.05) is 13.1 Å². The first-order chi connectivity index (χ1) is 16.1. The third kappa shape index (κ3) is 6.43. The summed E-state index contributed by atoms with van der Waals surface area (Å²) in [6.07, 6.45) is 5.51. The van der Waals surface area contributed by atoms with Crippen LogP contribution in [0.3, 0.4) is 0 Å². The second-order valence-corrected chi connectivity index (χ2v) is 11.7. The Bertz CT molecular complexity index is 1190. The Morgan fingerprint density at radius 3 is 2.47 bits per heavy atom. The predicted molar refractivity (Wildman–Crippen MR) is 134 cm³/mol. The molecule has 34 heavy (non-hydrogen) atoms. The molecule has 0 radical (unpaired) electrons. The van der Waals surface area contributed by atoms with Crippen molar-refractivity contribution >= 4 is 27.3 Å². The van der Waals surface area contributed by atoms with Crippen LogP contribution in [0.2, 0.25) is 0 Å². The van der Waals surface area contributed by atoms with Gasteiger partial charge in [-0.05, 0) is 69.0 Å². The molecule has 7 nitrogen and oxygen atoms in total. The topological polar surface area (TPSA) is 96.8 Å². The Morgan fingerprint density at radius 2 is 1.85 bits per heavy atom. The van der Waals surface area contributed by atoms with Crippen LogP contribution in [0, 0.1) is 0 Å². The maximum atomic E-state index is 13.3. The van der Waals surface area contributed by atoms with Crippen molar-refractivity contribution in [1.29, 1.82) is 0 Å². The second kappa shape index (κ2) is 11.1. The van der Waals surface area contributed by atoms with E-state index in [0.717, 1.165) is 22.4 Å². The van der Waals surface area contributed by atoms with Crippen LogP contribution in [0.15, 0.2) is 65.1 Å². The summed E-state index contributed by atoms with van der Waals surface area (Å²) in [6, 6.07) is 14.5. The number of aromatic nitrogens is 1. The van der Waals surface area contributed by atoms with Crippen LogP contribution < -0.4 is 4.74 Å². The van der Waals surface area contributed by atoms with Gasteiger partial charge < -0.3 is 9.84 Å². The molecule has 1 aromatic carbocycles. The summed E-state index contributed by atoms with van der Waals surface area (Å²) in [4.78, 5) is 16.2. The van der Waals surface area contributed by atoms with Crippen molar-refractivity contribution in [3.05, 3.63) is 66.5 Å². The van der Waals surface area contributed by atoms with E-state index in [0.29, 0.717) is 35.9 Å². The number of hydrogen-bond acceptors (Lipinski definition) is 6. The number of pyridine rings is 1. The third-order valence-corrected chi connectivity index (χ3v) is 8.78. The van der Waals surface area contributed by atoms with E-state index in [-0.39, 0.29) is 0 Å². The molecule has 3 rings (SSSR count). The number of carboxylic acid groups (broad SMARTS) is 1. The summed E-state index contributed by atoms with van der Waals surface area (Å²) in [7, 11) is -3.58. The summed E-state index contributed by atoms with van der Waals surface area (Å²) in [5, 5.41) is 9.20. The van der Waals surface area contributed by atoms with E-state index in [2.05, 4.69) is 4.98 Å². The van der Waals surface area contributed by atoms with E-state index in [1.54, 1.807) is 34.9 Å². The fourth-order valence-electron chi connectivity index (χ4n) is 3.37. The molecular weight excluding hydrogens is 472 g/mol. The molecule has 182 valence electrons. The predicted octanol–water partition coefficient (Wildman–Crippen LogP) is 5.09. The maximum Gasteiger partial charge on any atom is 0.347 e. The van der Waals surface area contributed by atoms with Gasteiger partial charge in [0.25, 0.3) is 10.0 Å². The highest BCUT2D eigenvalue weighted by Crippen LogP contribution is 2.32. The average molecular weight is 503 g/mol. The van der Waals surface area contributed by atoms with E-state index < -0.39 is 21.6 Å². The third-order valence-electron chi connectivity index (χ3n) is 5.28. The Hall–Kier alpha value is -2.75. The second-order valence-electron chi connectivity index (χ2n) is 8.43. The molecule has 0 amide bonds. The van der Waals surface area contributed by atoms with Crippen LogP contribution in [0.5, 0.6) is 5.75 Å². The Kier molecular flexibility index (Phi) is 8.46. The highest BCUT2D eigenvalue weighted by atomic mass is 32.2. The van der Waals surface area contributed by atoms with Gasteiger partial charge in [-0.25, -0.2) is 13.2 Å². The van der Waals surface area contributed by atoms with Gasteiger partial charge in [-0.1, -0.05) is 25.1 Å². The summed E-state index contributed by atoms with van der Waals surface area (Å²) in [6.45, 7) is 5.84. The minimum absolute atomic E-state index is 0.336. The van der Waals surface area contributed by atoms with Crippen molar-refractivity contribution < 1.29 is 23.1 Å². The normalized spacial score (nSPS) is 12.1. The lowest BCUT2D eigenvalue weighted by atomic mass is 10.1. The molecule has 0 atom stereocenters. The van der Waals surface area contributed by atoms with E-state index in [9.17, 15) is 18.3 Å². The summed E-state index contributed by atoms with van der Waals surface area (Å²) in [5.74, 6) is -0.555. The zero-order valence-corrected chi connectivity index (χ0v) is 21.2. The van der Waals surface area contributed by atoms with Crippen LogP contribution in [0.1, 0.15) is 39.2 Å². The van der Waals surface area contributed by atoms with Crippen LogP contribution in [-0.2, 0) is 21.2 Å². The number of rotatable bonds is 12. The number of sulfonamides is 1. The van der Waals surface area contributed by atoms with Gasteiger partial charge in [-0.15, -0.1) is 11.3 Å². The number of hydrogen-bond donors (Lipinski definition) is 1. The Labute approximate surface area is 205 Å². The lowest BCUT2D eigenvalue weighted by molar-refractivity contribution is -0.152. The smallest absolute Gasteiger partial charge is 0.347 e. The molecule has 0 aliphatic rings. The first-order valence-electron chi connectivity index (χ1n) is 11.1. The van der Waals surface area contributed by atoms with Crippen LogP contribution >= 0.6 is 11.3 Å². The molecule has 0 unspecified atom stereocenters. The summed E-state index contributed by atoms with van der Waals surface area (Å²) >= 11 is 1.26. The van der Waals surface area contributed by atoms with Crippen molar-refractivity contribution in [3.63, 3.8) is 0 Å². The molecule has 0 saturated heterocycles. The number of carboxylic acids is 1. The van der Waals surface area contributed by atoms with Crippen molar-refractivity contribution in [2.45, 2.75) is 49.8 Å². The van der Waals surface area contributed by atoms with E-state index >= 15 is 0 Å². The average Bonchev–Trinajstić information content (AvgIpc) is 3.31. The van der Waals surface area contributed by atoms with Crippen molar-refractivity contribution in [3.8, 4) is 16.2 Å². The number of nitrogens with zero attached hydrogens (tertiary/aromatic N) is 2. The fourth-order valence-corrected chi connectivity index (χ4v) is 6.39. The molecule has 2 heterocycles. The zero-order valence-electron chi connectivity index (χ0n) is 19.6. The minimum atomic E-state index is -3.58. The number of aliphatic carboxylic acids is 1. The molecule has 0 fully saturated rings. The quantitative estimate of drug-likeness (QED) is 0.371. The summed E-state index contributed by atoms with van der Waals surface area (Å²) < 4.78 is 34.0. The molecule has 3 aromatic rings. The van der Waals surface area contributed by atoms with Gasteiger partial charge >= 0.3 is 5.97 Å². The Balaban J connectivity index is 1.63. The number of ether oxygens (including phenoxy) is 1. The van der Waals surface area contributed by atoms with E-state index in [1.807, 2.05) is 37.3 Å². The number of carbonyl (C=O) groups is 1. The lowest BCUT2D eigenvalue weighted by Gasteiger charge is -2.22. The molecule has 0 saturated carbocycles. The van der Waals surface area contributed by atoms with Crippen LogP contribution in [-0.4, -0.2) is 47.5 Å². The highest BCUT2D eigenvalue weighted by Gasteiger charge is 2.29. The van der Waals surface area contributed by atoms with Gasteiger partial charge in [-0.2, -0.15) is 4.31 Å². The van der Waals surface area contributed by atoms with Gasteiger partial charge in [0.2, 0.25) is 0 Å². The molecular formula is C25H30N2O5S2. The van der Waals surface area contributed by atoms with Gasteiger partial charge in [-0.3, -0.25) is 4.98 Å². The van der Waals surface area contributed by atoms with Gasteiger partial charge in [0.15, 0.2) is 5.60 Å². The first-order valence-corrected chi connectivity index (χ1v) is 13.4. The highest BCUT2D eigenvalue weighted by molar-refractivity contribution is 7.91. The molecule has 2 aromatic heterocycles. The SMILES string of the molecule is CCCN(CCCc1ccc(OC(C)(C)C(=O)O)cc1)S(=O)(=O)c1ccc(-c2cccnc2)s1. The van der Waals surface area contributed by atoms with Gasteiger partial charge in [0, 0.05) is 35.9 Å². The minimum Gasteiger partial charge on any atom is -0.478 e. The molecule has 0 spiro atoms. The monoisotopic (exact) mass is 502 g/mol. The molecule has 1 N–H and O–H groups in total. The fraction of sp³-hybridized carbons (Fsp3) is 0.360. The number of aryl methyl sites for hydroxylation is 1. The molecule has 0 aliphatic carbocycles. The largest absolute Gasteiger partial charge is 0.478 e. The molecule has 9 heteroatoms. The number of thiophene rings is 1. The molecule has 0 aliphatic heterocycles. The van der Waals surface area contributed by atoms with E-state index in [1.165, 1.54) is 25.2 Å². The Morgan fingerprint density at radius 1 is 1.12 bits per heavy atom. The number of benzene rings is 1. The first kappa shape index (κ1) is 25.9. The van der Waals surface area contributed by atoms with E-state index in [4.69, 9.17) is 4.74 Å². The molecule has 0 bridgehead atoms. The standard InChI is InChI=1S/C25H30N2O5S2/c1-4-16-27(34(30,31)23-14-13-22(33-23)20-8-5-15-26-18-20)17-6-7-19-9-11-21(12-10-19)32-25(2,3)24(28)29/h5,8-15,18H,4,6-7,16-17H2,1-3H3,(H,28,29). The van der Waals surface area contributed by atoms with Gasteiger partial charge in [0.1, 0.15) is 9.96 Å². The van der Waals surface area contributed by atoms with Crippen LogP contribution in [0.4, 0.5) is 0 Å². The lowest BCUT2D eigenvalue weighted by Crippen LogP contribution is -2.37. The zero-order chi connectivity index (χ0) is 24.8. The van der Waals surface area contributed by atoms with Crippen molar-refractivity contribution in [1.82, 2.24) is 9.29 Å². The van der Waals surface area contributed by atoms with Crippen molar-refractivity contribution in [2.24, 2.45) is 0 Å². The van der Waals surface area contributed by atoms with Crippen LogP contribution in [0.25, 0.3) is 10.4 Å². The van der Waals surface area contributed by atoms with Gasteiger partial charge in [0.05, 0.1) is 0 Å².